The monoisotopic (exact) mass is 331 g/mol. The number of carbonyl (C=O) groups is 1. The molecule has 1 N–H and O–H groups in total. The van der Waals surface area contributed by atoms with Crippen molar-refractivity contribution in [3.63, 3.8) is 0 Å². The van der Waals surface area contributed by atoms with Crippen LogP contribution in [0.4, 0.5) is 11.5 Å². The summed E-state index contributed by atoms with van der Waals surface area (Å²) in [6, 6.07) is 2.11. The summed E-state index contributed by atoms with van der Waals surface area (Å²) >= 11 is 0. The molecular formula is C20H33N3O. The molecule has 1 atom stereocenters. The van der Waals surface area contributed by atoms with E-state index in [4.69, 9.17) is 0 Å². The second-order valence-electron chi connectivity index (χ2n) is 8.13. The number of nitrogens with one attached hydrogen (secondary N) is 1. The Balaban J connectivity index is 2.05. The SMILES string of the molecule is CCCC1CCCN(c2cc(C)c(NC(=O)C(C)(C)C)cn2)CC1. The lowest BCUT2D eigenvalue weighted by Gasteiger charge is -2.23. The molecule has 4 nitrogen and oxygen atoms in total. The molecule has 4 heteroatoms. The molecule has 0 saturated carbocycles. The first kappa shape index (κ1) is 18.8. The molecule has 2 rings (SSSR count). The van der Waals surface area contributed by atoms with E-state index in [0.717, 1.165) is 36.1 Å². The largest absolute Gasteiger partial charge is 0.357 e. The van der Waals surface area contributed by atoms with Crippen LogP contribution in [0, 0.1) is 18.3 Å². The van der Waals surface area contributed by atoms with Crippen LogP contribution < -0.4 is 10.2 Å². The molecule has 0 bridgehead atoms. The van der Waals surface area contributed by atoms with E-state index in [1.165, 1.54) is 32.1 Å². The predicted molar refractivity (Wildman–Crippen MR) is 102 cm³/mol. The second-order valence-corrected chi connectivity index (χ2v) is 8.13. The van der Waals surface area contributed by atoms with Crippen molar-refractivity contribution in [3.05, 3.63) is 17.8 Å². The highest BCUT2D eigenvalue weighted by Gasteiger charge is 2.22. The van der Waals surface area contributed by atoms with E-state index in [2.05, 4.69) is 28.2 Å². The van der Waals surface area contributed by atoms with E-state index in [0.29, 0.717) is 0 Å². The second kappa shape index (κ2) is 8.00. The van der Waals surface area contributed by atoms with Gasteiger partial charge < -0.3 is 10.2 Å². The number of hydrogen-bond acceptors (Lipinski definition) is 3. The van der Waals surface area contributed by atoms with Gasteiger partial charge in [0, 0.05) is 18.5 Å². The van der Waals surface area contributed by atoms with Crippen LogP contribution in [-0.4, -0.2) is 24.0 Å². The van der Waals surface area contributed by atoms with Gasteiger partial charge in [0.2, 0.25) is 5.91 Å². The van der Waals surface area contributed by atoms with Gasteiger partial charge in [0.15, 0.2) is 0 Å². The highest BCUT2D eigenvalue weighted by Crippen LogP contribution is 2.27. The topological polar surface area (TPSA) is 45.2 Å². The molecule has 2 heterocycles. The number of carbonyl (C=O) groups excluding carboxylic acids is 1. The van der Waals surface area contributed by atoms with E-state index in [1.807, 2.05) is 33.9 Å². The van der Waals surface area contributed by atoms with Crippen LogP contribution in [0.1, 0.15) is 65.4 Å². The summed E-state index contributed by atoms with van der Waals surface area (Å²) in [5.74, 6) is 1.93. The Morgan fingerprint density at radius 3 is 2.71 bits per heavy atom. The fraction of sp³-hybridized carbons (Fsp3) is 0.700. The third-order valence-electron chi connectivity index (χ3n) is 4.89. The van der Waals surface area contributed by atoms with Crippen LogP contribution in [0.3, 0.4) is 0 Å². The number of amides is 1. The molecule has 0 aliphatic carbocycles. The standard InChI is InChI=1S/C20H33N3O/c1-6-8-16-9-7-11-23(12-10-16)18-13-15(2)17(14-21-18)22-19(24)20(3,4)5/h13-14,16H,6-12H2,1-5H3,(H,22,24). The number of rotatable bonds is 4. The van der Waals surface area contributed by atoms with Crippen LogP contribution in [0.5, 0.6) is 0 Å². The number of aryl methyl sites for hydroxylation is 1. The quantitative estimate of drug-likeness (QED) is 0.863. The van der Waals surface area contributed by atoms with Crippen LogP contribution in [0.2, 0.25) is 0 Å². The molecule has 1 aliphatic rings. The van der Waals surface area contributed by atoms with Crippen molar-refractivity contribution in [2.24, 2.45) is 11.3 Å². The van der Waals surface area contributed by atoms with Gasteiger partial charge in [-0.1, -0.05) is 40.5 Å². The van der Waals surface area contributed by atoms with Gasteiger partial charge in [0.05, 0.1) is 11.9 Å². The Bertz CT molecular complexity index is 562. The van der Waals surface area contributed by atoms with Gasteiger partial charge in [0.1, 0.15) is 5.82 Å². The molecule has 24 heavy (non-hydrogen) atoms. The summed E-state index contributed by atoms with van der Waals surface area (Å²) in [6.45, 7) is 12.3. The summed E-state index contributed by atoms with van der Waals surface area (Å²) in [5.41, 5.74) is 1.49. The van der Waals surface area contributed by atoms with E-state index >= 15 is 0 Å². The molecule has 1 fully saturated rings. The van der Waals surface area contributed by atoms with Crippen molar-refractivity contribution in [1.82, 2.24) is 4.98 Å². The molecular weight excluding hydrogens is 298 g/mol. The van der Waals surface area contributed by atoms with E-state index in [-0.39, 0.29) is 5.91 Å². The van der Waals surface area contributed by atoms with Gasteiger partial charge in [-0.3, -0.25) is 4.79 Å². The van der Waals surface area contributed by atoms with Gasteiger partial charge >= 0.3 is 0 Å². The maximum Gasteiger partial charge on any atom is 0.229 e. The van der Waals surface area contributed by atoms with Gasteiger partial charge in [0.25, 0.3) is 0 Å². The van der Waals surface area contributed by atoms with Crippen LogP contribution in [0.15, 0.2) is 12.3 Å². The van der Waals surface area contributed by atoms with Crippen LogP contribution in [-0.2, 0) is 4.79 Å². The first-order chi connectivity index (χ1) is 11.3. The smallest absolute Gasteiger partial charge is 0.229 e. The fourth-order valence-electron chi connectivity index (χ4n) is 3.25. The molecule has 1 amide bonds. The van der Waals surface area contributed by atoms with Gasteiger partial charge in [-0.05, 0) is 43.7 Å². The highest BCUT2D eigenvalue weighted by atomic mass is 16.2. The first-order valence-electron chi connectivity index (χ1n) is 9.34. The summed E-state index contributed by atoms with van der Waals surface area (Å²) in [4.78, 5) is 19.2. The maximum atomic E-state index is 12.2. The lowest BCUT2D eigenvalue weighted by Crippen LogP contribution is -2.28. The van der Waals surface area contributed by atoms with Crippen molar-refractivity contribution in [2.45, 2.75) is 66.7 Å². The van der Waals surface area contributed by atoms with Crippen molar-refractivity contribution < 1.29 is 4.79 Å². The first-order valence-corrected chi connectivity index (χ1v) is 9.34. The Labute approximate surface area is 147 Å². The molecule has 1 aromatic rings. The normalized spacial score (nSPS) is 19.0. The number of nitrogens with zero attached hydrogens (tertiary/aromatic N) is 2. The van der Waals surface area contributed by atoms with E-state index < -0.39 is 5.41 Å². The fourth-order valence-corrected chi connectivity index (χ4v) is 3.25. The summed E-state index contributed by atoms with van der Waals surface area (Å²) in [5, 5.41) is 3.00. The highest BCUT2D eigenvalue weighted by molar-refractivity contribution is 5.95. The molecule has 134 valence electrons. The lowest BCUT2D eigenvalue weighted by atomic mass is 9.95. The van der Waals surface area contributed by atoms with Crippen LogP contribution in [0.25, 0.3) is 0 Å². The van der Waals surface area contributed by atoms with Gasteiger partial charge in [-0.25, -0.2) is 4.98 Å². The minimum Gasteiger partial charge on any atom is -0.357 e. The molecule has 1 aromatic heterocycles. The van der Waals surface area contributed by atoms with Gasteiger partial charge in [-0.2, -0.15) is 0 Å². The predicted octanol–water partition coefficient (Wildman–Crippen LogP) is 4.78. The third kappa shape index (κ3) is 4.96. The number of aromatic nitrogens is 1. The molecule has 1 saturated heterocycles. The zero-order valence-corrected chi connectivity index (χ0v) is 16.0. The van der Waals surface area contributed by atoms with Crippen LogP contribution >= 0.6 is 0 Å². The van der Waals surface area contributed by atoms with Crippen molar-refractivity contribution in [2.75, 3.05) is 23.3 Å². The van der Waals surface area contributed by atoms with E-state index in [1.54, 1.807) is 0 Å². The Morgan fingerprint density at radius 1 is 1.33 bits per heavy atom. The number of hydrogen-bond donors (Lipinski definition) is 1. The van der Waals surface area contributed by atoms with Crippen molar-refractivity contribution in [3.8, 4) is 0 Å². The molecule has 0 spiro atoms. The molecule has 0 radical (unpaired) electrons. The number of anilines is 2. The minimum absolute atomic E-state index is 0.0253. The third-order valence-corrected chi connectivity index (χ3v) is 4.89. The van der Waals surface area contributed by atoms with Crippen molar-refractivity contribution >= 4 is 17.4 Å². The summed E-state index contributed by atoms with van der Waals surface area (Å²) in [7, 11) is 0. The van der Waals surface area contributed by atoms with Gasteiger partial charge in [-0.15, -0.1) is 0 Å². The summed E-state index contributed by atoms with van der Waals surface area (Å²) < 4.78 is 0. The molecule has 1 aliphatic heterocycles. The summed E-state index contributed by atoms with van der Waals surface area (Å²) in [6.07, 6.45) is 8.28. The lowest BCUT2D eigenvalue weighted by molar-refractivity contribution is -0.123. The Morgan fingerprint density at radius 2 is 2.08 bits per heavy atom. The Hall–Kier alpha value is -1.58. The molecule has 1 unspecified atom stereocenters. The average molecular weight is 332 g/mol. The zero-order chi connectivity index (χ0) is 17.7. The average Bonchev–Trinajstić information content (AvgIpc) is 2.74. The Kier molecular flexibility index (Phi) is 6.25. The maximum absolute atomic E-state index is 12.2. The van der Waals surface area contributed by atoms with Crippen molar-refractivity contribution in [1.29, 1.82) is 0 Å². The van der Waals surface area contributed by atoms with E-state index in [9.17, 15) is 4.79 Å². The zero-order valence-electron chi connectivity index (χ0n) is 16.0. The minimum atomic E-state index is -0.399. The number of pyridine rings is 1. The molecule has 0 aromatic carbocycles.